The zero-order valence-electron chi connectivity index (χ0n) is 8.94. The summed E-state index contributed by atoms with van der Waals surface area (Å²) < 4.78 is 0.927. The second-order valence-corrected chi connectivity index (χ2v) is 5.25. The maximum absolute atomic E-state index is 11.9. The normalized spacial score (nSPS) is 18.0. The van der Waals surface area contributed by atoms with Gasteiger partial charge in [0.05, 0.1) is 5.69 Å². The number of benzene rings is 1. The minimum absolute atomic E-state index is 0.0899. The second-order valence-electron chi connectivity index (χ2n) is 4.09. The fraction of sp³-hybridized carbons (Fsp3) is 0.333. The minimum Gasteiger partial charge on any atom is -0.274 e. The quantitative estimate of drug-likeness (QED) is 0.587. The smallest absolute Gasteiger partial charge is 0.234 e. The van der Waals surface area contributed by atoms with Crippen molar-refractivity contribution in [1.29, 1.82) is 0 Å². The molecule has 1 fully saturated rings. The predicted octanol–water partition coefficient (Wildman–Crippen LogP) is 2.58. The molecule has 2 rings (SSSR count). The van der Waals surface area contributed by atoms with E-state index < -0.39 is 0 Å². The molecule has 84 valence electrons. The van der Waals surface area contributed by atoms with Gasteiger partial charge in [-0.1, -0.05) is 19.1 Å². The van der Waals surface area contributed by atoms with Crippen molar-refractivity contribution in [2.45, 2.75) is 19.8 Å². The van der Waals surface area contributed by atoms with Crippen molar-refractivity contribution in [3.8, 4) is 0 Å². The third-order valence-electron chi connectivity index (χ3n) is 2.64. The van der Waals surface area contributed by atoms with Crippen molar-refractivity contribution >= 4 is 40.1 Å². The summed E-state index contributed by atoms with van der Waals surface area (Å²) in [6.07, 6.45) is 0.910. The Hall–Kier alpha value is -0.910. The number of rotatable bonds is 1. The van der Waals surface area contributed by atoms with E-state index in [1.807, 2.05) is 31.2 Å². The van der Waals surface area contributed by atoms with Crippen LogP contribution in [-0.2, 0) is 9.59 Å². The molecule has 1 aromatic rings. The average Bonchev–Trinajstić information content (AvgIpc) is 2.19. The van der Waals surface area contributed by atoms with Gasteiger partial charge in [0.15, 0.2) is 0 Å². The van der Waals surface area contributed by atoms with Crippen LogP contribution >= 0.6 is 22.6 Å². The standard InChI is InChI=1S/C12H12INO2/c1-8-6-11(15)14(12(16)7-8)10-5-3-2-4-9(10)13/h2-5,8H,6-7H2,1H3. The third kappa shape index (κ3) is 2.11. The lowest BCUT2D eigenvalue weighted by atomic mass is 9.97. The van der Waals surface area contributed by atoms with E-state index in [9.17, 15) is 9.59 Å². The van der Waals surface area contributed by atoms with E-state index in [1.165, 1.54) is 4.90 Å². The summed E-state index contributed by atoms with van der Waals surface area (Å²) >= 11 is 2.14. The van der Waals surface area contributed by atoms with Gasteiger partial charge in [-0.2, -0.15) is 0 Å². The number of carbonyl (C=O) groups is 2. The van der Waals surface area contributed by atoms with Gasteiger partial charge in [-0.3, -0.25) is 9.59 Å². The summed E-state index contributed by atoms with van der Waals surface area (Å²) in [5, 5.41) is 0. The van der Waals surface area contributed by atoms with Gasteiger partial charge in [0.1, 0.15) is 0 Å². The Labute approximate surface area is 108 Å². The first-order valence-electron chi connectivity index (χ1n) is 5.20. The van der Waals surface area contributed by atoms with Gasteiger partial charge in [0, 0.05) is 16.4 Å². The maximum Gasteiger partial charge on any atom is 0.234 e. The van der Waals surface area contributed by atoms with Gasteiger partial charge in [0.25, 0.3) is 0 Å². The number of hydrogen-bond acceptors (Lipinski definition) is 2. The highest BCUT2D eigenvalue weighted by Gasteiger charge is 2.32. The summed E-state index contributed by atoms with van der Waals surface area (Å²) in [4.78, 5) is 25.1. The molecule has 1 saturated heterocycles. The molecule has 1 heterocycles. The van der Waals surface area contributed by atoms with Crippen LogP contribution in [0.15, 0.2) is 24.3 Å². The molecule has 0 aromatic heterocycles. The van der Waals surface area contributed by atoms with Gasteiger partial charge < -0.3 is 0 Å². The molecular formula is C12H12INO2. The van der Waals surface area contributed by atoms with E-state index >= 15 is 0 Å². The number of hydrogen-bond donors (Lipinski definition) is 0. The van der Waals surface area contributed by atoms with E-state index in [4.69, 9.17) is 0 Å². The van der Waals surface area contributed by atoms with Crippen LogP contribution in [0.5, 0.6) is 0 Å². The van der Waals surface area contributed by atoms with Gasteiger partial charge >= 0.3 is 0 Å². The second kappa shape index (κ2) is 4.53. The van der Waals surface area contributed by atoms with E-state index in [0.717, 1.165) is 3.57 Å². The molecule has 0 bridgehead atoms. The van der Waals surface area contributed by atoms with Crippen molar-refractivity contribution in [2.24, 2.45) is 5.92 Å². The molecule has 1 aromatic carbocycles. The molecule has 0 atom stereocenters. The topological polar surface area (TPSA) is 37.4 Å². The Kier molecular flexibility index (Phi) is 3.28. The lowest BCUT2D eigenvalue weighted by Crippen LogP contribution is -2.43. The molecule has 16 heavy (non-hydrogen) atoms. The monoisotopic (exact) mass is 329 g/mol. The third-order valence-corrected chi connectivity index (χ3v) is 3.55. The molecule has 2 amide bonds. The molecule has 0 saturated carbocycles. The first-order chi connectivity index (χ1) is 7.59. The fourth-order valence-electron chi connectivity index (χ4n) is 1.89. The number of halogens is 1. The molecule has 3 nitrogen and oxygen atoms in total. The van der Waals surface area contributed by atoms with Crippen LogP contribution in [-0.4, -0.2) is 11.8 Å². The minimum atomic E-state index is -0.0899. The number of amides is 2. The number of para-hydroxylation sites is 1. The van der Waals surface area contributed by atoms with Crippen LogP contribution in [0, 0.1) is 9.49 Å². The number of piperidine rings is 1. The number of nitrogens with zero attached hydrogens (tertiary/aromatic N) is 1. The van der Waals surface area contributed by atoms with E-state index in [0.29, 0.717) is 18.5 Å². The predicted molar refractivity (Wildman–Crippen MR) is 70.1 cm³/mol. The zero-order chi connectivity index (χ0) is 11.7. The van der Waals surface area contributed by atoms with Crippen LogP contribution in [0.4, 0.5) is 5.69 Å². The lowest BCUT2D eigenvalue weighted by molar-refractivity contribution is -0.130. The van der Waals surface area contributed by atoms with E-state index in [1.54, 1.807) is 0 Å². The highest BCUT2D eigenvalue weighted by Crippen LogP contribution is 2.28. The molecule has 0 radical (unpaired) electrons. The number of anilines is 1. The SMILES string of the molecule is CC1CC(=O)N(c2ccccc2I)C(=O)C1. The molecule has 0 N–H and O–H groups in total. The first kappa shape index (κ1) is 11.6. The van der Waals surface area contributed by atoms with Crippen molar-refractivity contribution in [3.63, 3.8) is 0 Å². The van der Waals surface area contributed by atoms with Crippen molar-refractivity contribution < 1.29 is 9.59 Å². The van der Waals surface area contributed by atoms with Gasteiger partial charge in [-0.15, -0.1) is 0 Å². The zero-order valence-corrected chi connectivity index (χ0v) is 11.1. The fourth-order valence-corrected chi connectivity index (χ4v) is 2.52. The molecule has 0 aliphatic carbocycles. The number of carbonyl (C=O) groups excluding carboxylic acids is 2. The van der Waals surface area contributed by atoms with Crippen molar-refractivity contribution in [3.05, 3.63) is 27.8 Å². The van der Waals surface area contributed by atoms with E-state index in [-0.39, 0.29) is 17.7 Å². The molecule has 1 aliphatic heterocycles. The van der Waals surface area contributed by atoms with Gasteiger partial charge in [-0.25, -0.2) is 4.90 Å². The number of imide groups is 1. The van der Waals surface area contributed by atoms with Gasteiger partial charge in [0.2, 0.25) is 11.8 Å². The Bertz CT molecular complexity index is 426. The first-order valence-corrected chi connectivity index (χ1v) is 6.28. The van der Waals surface area contributed by atoms with Crippen molar-refractivity contribution in [2.75, 3.05) is 4.90 Å². The summed E-state index contributed by atoms with van der Waals surface area (Å²) in [5.74, 6) is -0.0154. The van der Waals surface area contributed by atoms with Crippen molar-refractivity contribution in [1.82, 2.24) is 0 Å². The maximum atomic E-state index is 11.9. The Balaban J connectivity index is 2.37. The molecule has 1 aliphatic rings. The Morgan fingerprint density at radius 1 is 1.19 bits per heavy atom. The lowest BCUT2D eigenvalue weighted by Gasteiger charge is -2.28. The van der Waals surface area contributed by atoms with Crippen LogP contribution in [0.25, 0.3) is 0 Å². The van der Waals surface area contributed by atoms with Gasteiger partial charge in [-0.05, 0) is 40.6 Å². The highest BCUT2D eigenvalue weighted by molar-refractivity contribution is 14.1. The highest BCUT2D eigenvalue weighted by atomic mass is 127. The Morgan fingerprint density at radius 3 is 2.31 bits per heavy atom. The molecule has 0 spiro atoms. The van der Waals surface area contributed by atoms with Crippen LogP contribution < -0.4 is 4.90 Å². The summed E-state index contributed by atoms with van der Waals surface area (Å²) in [7, 11) is 0. The Morgan fingerprint density at radius 2 is 1.75 bits per heavy atom. The summed E-state index contributed by atoms with van der Waals surface area (Å²) in [6, 6.07) is 7.45. The molecule has 4 heteroatoms. The summed E-state index contributed by atoms with van der Waals surface area (Å²) in [6.45, 7) is 1.93. The molecular weight excluding hydrogens is 317 g/mol. The molecule has 0 unspecified atom stereocenters. The van der Waals surface area contributed by atoms with Crippen LogP contribution in [0.2, 0.25) is 0 Å². The van der Waals surface area contributed by atoms with E-state index in [2.05, 4.69) is 22.6 Å². The van der Waals surface area contributed by atoms with Crippen LogP contribution in [0.3, 0.4) is 0 Å². The largest absolute Gasteiger partial charge is 0.274 e. The summed E-state index contributed by atoms with van der Waals surface area (Å²) in [5.41, 5.74) is 0.713. The van der Waals surface area contributed by atoms with Crippen LogP contribution in [0.1, 0.15) is 19.8 Å². The average molecular weight is 329 g/mol.